The predicted molar refractivity (Wildman–Crippen MR) is 70.5 cm³/mol. The maximum absolute atomic E-state index is 10.9. The summed E-state index contributed by atoms with van der Waals surface area (Å²) in [4.78, 5) is 10.9. The Morgan fingerprint density at radius 2 is 1.89 bits per heavy atom. The molecule has 0 radical (unpaired) electrons. The van der Waals surface area contributed by atoms with Gasteiger partial charge in [0.05, 0.1) is 16.9 Å². The Bertz CT molecular complexity index is 623. The topological polar surface area (TPSA) is 61.4 Å². The first-order chi connectivity index (χ1) is 8.74. The van der Waals surface area contributed by atoms with E-state index in [1.807, 2.05) is 24.3 Å². The number of carboxylic acids is 1. The van der Waals surface area contributed by atoms with Crippen LogP contribution in [0.1, 0.15) is 15.9 Å². The Hall–Kier alpha value is -2.49. The average molecular weight is 240 g/mol. The highest BCUT2D eigenvalue weighted by atomic mass is 16.4. The van der Waals surface area contributed by atoms with E-state index in [1.54, 1.807) is 18.2 Å². The summed E-state index contributed by atoms with van der Waals surface area (Å²) >= 11 is 0. The van der Waals surface area contributed by atoms with Crippen molar-refractivity contribution in [2.45, 2.75) is 6.54 Å². The number of anilines is 3. The molecule has 3 rings (SSSR count). The Morgan fingerprint density at radius 1 is 1.06 bits per heavy atom. The SMILES string of the molecule is O=C(O)c1ccc2c(c1)NCc1ccccc1N2. The maximum Gasteiger partial charge on any atom is 0.335 e. The molecule has 0 atom stereocenters. The number of carboxylic acid groups (broad SMARTS) is 1. The van der Waals surface area contributed by atoms with Gasteiger partial charge >= 0.3 is 5.97 Å². The number of rotatable bonds is 1. The van der Waals surface area contributed by atoms with Crippen LogP contribution in [0.25, 0.3) is 0 Å². The number of para-hydroxylation sites is 1. The first-order valence-electron chi connectivity index (χ1n) is 5.70. The van der Waals surface area contributed by atoms with Gasteiger partial charge in [0.15, 0.2) is 0 Å². The van der Waals surface area contributed by atoms with Crippen LogP contribution in [0.5, 0.6) is 0 Å². The fourth-order valence-electron chi connectivity index (χ4n) is 2.06. The lowest BCUT2D eigenvalue weighted by Crippen LogP contribution is -2.01. The molecule has 4 heteroatoms. The molecule has 0 aliphatic carbocycles. The third-order valence-electron chi connectivity index (χ3n) is 3.02. The van der Waals surface area contributed by atoms with E-state index in [0.29, 0.717) is 6.54 Å². The Kier molecular flexibility index (Phi) is 2.41. The fraction of sp³-hybridized carbons (Fsp3) is 0.0714. The van der Waals surface area contributed by atoms with Crippen molar-refractivity contribution in [3.05, 3.63) is 53.6 Å². The van der Waals surface area contributed by atoms with Gasteiger partial charge in [-0.2, -0.15) is 0 Å². The van der Waals surface area contributed by atoms with Gasteiger partial charge in [-0.3, -0.25) is 0 Å². The van der Waals surface area contributed by atoms with Crippen LogP contribution in [0.4, 0.5) is 17.1 Å². The average Bonchev–Trinajstić information content (AvgIpc) is 2.56. The molecule has 1 aliphatic rings. The molecule has 0 saturated carbocycles. The van der Waals surface area contributed by atoms with Crippen LogP contribution in [0.3, 0.4) is 0 Å². The third kappa shape index (κ3) is 1.78. The van der Waals surface area contributed by atoms with Crippen molar-refractivity contribution in [1.82, 2.24) is 0 Å². The number of hydrogen-bond acceptors (Lipinski definition) is 3. The summed E-state index contributed by atoms with van der Waals surface area (Å²) in [6.45, 7) is 0.680. The van der Waals surface area contributed by atoms with Gasteiger partial charge in [-0.25, -0.2) is 4.79 Å². The molecular weight excluding hydrogens is 228 g/mol. The van der Waals surface area contributed by atoms with Crippen LogP contribution < -0.4 is 10.6 Å². The summed E-state index contributed by atoms with van der Waals surface area (Å²) in [5.74, 6) is -0.915. The summed E-state index contributed by atoms with van der Waals surface area (Å²) < 4.78 is 0. The van der Waals surface area contributed by atoms with Crippen molar-refractivity contribution in [3.8, 4) is 0 Å². The predicted octanol–water partition coefficient (Wildman–Crippen LogP) is 3.05. The first-order valence-corrected chi connectivity index (χ1v) is 5.70. The van der Waals surface area contributed by atoms with E-state index >= 15 is 0 Å². The molecule has 18 heavy (non-hydrogen) atoms. The minimum Gasteiger partial charge on any atom is -0.478 e. The Labute approximate surface area is 104 Å². The number of carbonyl (C=O) groups is 1. The first kappa shape index (κ1) is 10.7. The zero-order valence-corrected chi connectivity index (χ0v) is 9.60. The van der Waals surface area contributed by atoms with E-state index in [2.05, 4.69) is 10.6 Å². The van der Waals surface area contributed by atoms with E-state index in [4.69, 9.17) is 5.11 Å². The standard InChI is InChI=1S/C14H12N2O2/c17-14(18)9-5-6-12-13(7-9)15-8-10-3-1-2-4-11(10)16-12/h1-7,15-16H,8H2,(H,17,18). The molecule has 3 N–H and O–H groups in total. The molecule has 2 aromatic carbocycles. The molecule has 1 heterocycles. The summed E-state index contributed by atoms with van der Waals surface area (Å²) in [7, 11) is 0. The van der Waals surface area contributed by atoms with E-state index in [-0.39, 0.29) is 5.56 Å². The highest BCUT2D eigenvalue weighted by molar-refractivity contribution is 5.91. The minimum atomic E-state index is -0.915. The Balaban J connectivity index is 2.04. The lowest BCUT2D eigenvalue weighted by atomic mass is 10.1. The highest BCUT2D eigenvalue weighted by Crippen LogP contribution is 2.32. The van der Waals surface area contributed by atoms with Gasteiger partial charge in [0.2, 0.25) is 0 Å². The zero-order valence-electron chi connectivity index (χ0n) is 9.60. The number of benzene rings is 2. The summed E-state index contributed by atoms with van der Waals surface area (Å²) in [6.07, 6.45) is 0. The van der Waals surface area contributed by atoms with Crippen molar-refractivity contribution in [2.24, 2.45) is 0 Å². The van der Waals surface area contributed by atoms with Gasteiger partial charge in [0.25, 0.3) is 0 Å². The smallest absolute Gasteiger partial charge is 0.335 e. The van der Waals surface area contributed by atoms with Crippen LogP contribution in [0.15, 0.2) is 42.5 Å². The van der Waals surface area contributed by atoms with Gasteiger partial charge in [0, 0.05) is 12.2 Å². The molecule has 90 valence electrons. The van der Waals surface area contributed by atoms with Gasteiger partial charge in [-0.15, -0.1) is 0 Å². The molecule has 0 saturated heterocycles. The number of nitrogens with one attached hydrogen (secondary N) is 2. The zero-order chi connectivity index (χ0) is 12.5. The van der Waals surface area contributed by atoms with Crippen LogP contribution in [-0.2, 0) is 6.54 Å². The van der Waals surface area contributed by atoms with Gasteiger partial charge in [-0.1, -0.05) is 18.2 Å². The lowest BCUT2D eigenvalue weighted by Gasteiger charge is -2.09. The monoisotopic (exact) mass is 240 g/mol. The molecule has 4 nitrogen and oxygen atoms in total. The molecule has 0 unspecified atom stereocenters. The van der Waals surface area contributed by atoms with Crippen LogP contribution in [0, 0.1) is 0 Å². The second kappa shape index (κ2) is 4.07. The minimum absolute atomic E-state index is 0.286. The summed E-state index contributed by atoms with van der Waals surface area (Å²) in [5.41, 5.74) is 4.20. The molecule has 1 aliphatic heterocycles. The molecule has 0 spiro atoms. The maximum atomic E-state index is 10.9. The number of fused-ring (bicyclic) bond motifs is 2. The van der Waals surface area contributed by atoms with Gasteiger partial charge in [-0.05, 0) is 29.8 Å². The second-order valence-electron chi connectivity index (χ2n) is 4.20. The largest absolute Gasteiger partial charge is 0.478 e. The number of aromatic carboxylic acids is 1. The van der Waals surface area contributed by atoms with Crippen molar-refractivity contribution in [2.75, 3.05) is 10.6 Å². The molecule has 0 amide bonds. The van der Waals surface area contributed by atoms with Crippen molar-refractivity contribution >= 4 is 23.0 Å². The quantitative estimate of drug-likeness (QED) is 0.717. The van der Waals surface area contributed by atoms with Crippen LogP contribution >= 0.6 is 0 Å². The van der Waals surface area contributed by atoms with E-state index in [1.165, 1.54) is 0 Å². The van der Waals surface area contributed by atoms with Crippen molar-refractivity contribution < 1.29 is 9.90 Å². The second-order valence-corrected chi connectivity index (χ2v) is 4.20. The molecule has 0 bridgehead atoms. The van der Waals surface area contributed by atoms with E-state index < -0.39 is 5.97 Å². The fourth-order valence-corrected chi connectivity index (χ4v) is 2.06. The summed E-state index contributed by atoms with van der Waals surface area (Å²) in [5, 5.41) is 15.5. The van der Waals surface area contributed by atoms with Gasteiger partial charge < -0.3 is 15.7 Å². The lowest BCUT2D eigenvalue weighted by molar-refractivity contribution is 0.0697. The molecule has 0 fully saturated rings. The summed E-state index contributed by atoms with van der Waals surface area (Å²) in [6, 6.07) is 13.0. The van der Waals surface area contributed by atoms with Crippen molar-refractivity contribution in [3.63, 3.8) is 0 Å². The van der Waals surface area contributed by atoms with Crippen molar-refractivity contribution in [1.29, 1.82) is 0 Å². The molecule has 2 aromatic rings. The van der Waals surface area contributed by atoms with E-state index in [9.17, 15) is 4.79 Å². The Morgan fingerprint density at radius 3 is 2.72 bits per heavy atom. The highest BCUT2D eigenvalue weighted by Gasteiger charge is 2.13. The normalized spacial score (nSPS) is 12.4. The molecular formula is C14H12N2O2. The third-order valence-corrected chi connectivity index (χ3v) is 3.02. The van der Waals surface area contributed by atoms with Crippen LogP contribution in [-0.4, -0.2) is 11.1 Å². The van der Waals surface area contributed by atoms with Crippen LogP contribution in [0.2, 0.25) is 0 Å². The van der Waals surface area contributed by atoms with E-state index in [0.717, 1.165) is 22.6 Å². The molecule has 0 aromatic heterocycles. The van der Waals surface area contributed by atoms with Gasteiger partial charge in [0.1, 0.15) is 0 Å². The number of hydrogen-bond donors (Lipinski definition) is 3.